The van der Waals surface area contributed by atoms with Crippen molar-refractivity contribution in [1.82, 2.24) is 5.32 Å². The van der Waals surface area contributed by atoms with Crippen LogP contribution in [0.25, 0.3) is 11.1 Å². The molecule has 2 aliphatic rings. The number of hydrogen-bond acceptors (Lipinski definition) is 3. The Balaban J connectivity index is 1.55. The van der Waals surface area contributed by atoms with Gasteiger partial charge in [0.15, 0.2) is 0 Å². The zero-order valence-corrected chi connectivity index (χ0v) is 20.7. The van der Waals surface area contributed by atoms with Gasteiger partial charge in [0.1, 0.15) is 5.75 Å². The molecule has 0 bridgehead atoms. The third-order valence-electron chi connectivity index (χ3n) is 7.09. The number of aliphatic carboxylic acids is 1. The van der Waals surface area contributed by atoms with Gasteiger partial charge in [-0.1, -0.05) is 54.6 Å². The Labute approximate surface area is 210 Å². The molecule has 2 aromatic rings. The molecule has 1 aliphatic heterocycles. The maximum Gasteiger partial charge on any atom is 0.303 e. The molecule has 2 N–H and O–H groups in total. The van der Waals surface area contributed by atoms with Crippen molar-refractivity contribution in [2.24, 2.45) is 11.8 Å². The third-order valence-corrected chi connectivity index (χ3v) is 7.71. The number of carbonyl (C=O) groups excluding carboxylic acids is 1. The molecule has 0 radical (unpaired) electrons. The van der Waals surface area contributed by atoms with Crippen molar-refractivity contribution in [2.45, 2.75) is 57.3 Å². The van der Waals surface area contributed by atoms with Gasteiger partial charge in [-0.15, -0.1) is 0 Å². The summed E-state index contributed by atoms with van der Waals surface area (Å²) in [5.41, 5.74) is 2.79. The zero-order chi connectivity index (χ0) is 24.1. The first-order valence-electron chi connectivity index (χ1n) is 12.2. The highest BCUT2D eigenvalue weighted by Crippen LogP contribution is 2.48. The van der Waals surface area contributed by atoms with Gasteiger partial charge < -0.3 is 15.2 Å². The molecule has 1 saturated carbocycles. The van der Waals surface area contributed by atoms with Crippen molar-refractivity contribution in [1.29, 1.82) is 0 Å². The summed E-state index contributed by atoms with van der Waals surface area (Å²) in [6.45, 7) is 1.07. The second-order valence-electron chi connectivity index (χ2n) is 9.33. The minimum atomic E-state index is -0.824. The van der Waals surface area contributed by atoms with Crippen LogP contribution in [-0.4, -0.2) is 30.1 Å². The Morgan fingerprint density at radius 2 is 1.71 bits per heavy atom. The Bertz CT molecular complexity index is 995. The van der Waals surface area contributed by atoms with Crippen LogP contribution in [0.15, 0.2) is 36.4 Å². The minimum Gasteiger partial charge on any atom is -0.494 e. The van der Waals surface area contributed by atoms with Gasteiger partial charge in [-0.25, -0.2) is 0 Å². The molecule has 1 amide bonds. The number of ether oxygens (including phenoxy) is 1. The summed E-state index contributed by atoms with van der Waals surface area (Å²) in [6, 6.07) is 11.5. The number of nitrogens with one attached hydrogen (secondary N) is 1. The number of halogens is 2. The highest BCUT2D eigenvalue weighted by Gasteiger charge is 2.40. The van der Waals surface area contributed by atoms with E-state index < -0.39 is 5.97 Å². The van der Waals surface area contributed by atoms with Gasteiger partial charge in [0.2, 0.25) is 5.91 Å². The second-order valence-corrected chi connectivity index (χ2v) is 10.1. The molecule has 1 heterocycles. The molecule has 2 aromatic carbocycles. The Hall–Kier alpha value is -2.24. The first-order chi connectivity index (χ1) is 16.4. The standard InChI is InChI=1S/C27H31Cl2NO4/c28-22-15-19(17-8-10-20(11-9-17)34-14-4-7-24(31)32)16-23(29)26(22)25(18-5-2-1-3-6-18)21-12-13-30-27(21)33/h8-11,15-16,18,21,25H,1-7,12-14H2,(H,30,33)(H,31,32). The minimum absolute atomic E-state index is 0.0402. The van der Waals surface area contributed by atoms with E-state index in [1.807, 2.05) is 36.4 Å². The van der Waals surface area contributed by atoms with Gasteiger partial charge >= 0.3 is 5.97 Å². The van der Waals surface area contributed by atoms with Crippen LogP contribution in [0.2, 0.25) is 10.0 Å². The monoisotopic (exact) mass is 503 g/mol. The van der Waals surface area contributed by atoms with Crippen molar-refractivity contribution in [3.05, 3.63) is 52.0 Å². The molecule has 2 atom stereocenters. The van der Waals surface area contributed by atoms with Crippen LogP contribution in [0.3, 0.4) is 0 Å². The first-order valence-corrected chi connectivity index (χ1v) is 12.9. The number of benzene rings is 2. The largest absolute Gasteiger partial charge is 0.494 e. The highest BCUT2D eigenvalue weighted by molar-refractivity contribution is 6.36. The summed E-state index contributed by atoms with van der Waals surface area (Å²) >= 11 is 13.8. The number of rotatable bonds is 9. The van der Waals surface area contributed by atoms with E-state index in [1.54, 1.807) is 0 Å². The van der Waals surface area contributed by atoms with Gasteiger partial charge in [0, 0.05) is 34.8 Å². The topological polar surface area (TPSA) is 75.6 Å². The molecule has 4 rings (SSSR count). The smallest absolute Gasteiger partial charge is 0.303 e. The van der Waals surface area contributed by atoms with E-state index in [0.717, 1.165) is 36.0 Å². The lowest BCUT2D eigenvalue weighted by atomic mass is 9.70. The van der Waals surface area contributed by atoms with Crippen LogP contribution >= 0.6 is 23.2 Å². The van der Waals surface area contributed by atoms with E-state index in [2.05, 4.69) is 5.32 Å². The van der Waals surface area contributed by atoms with E-state index in [0.29, 0.717) is 41.3 Å². The molecule has 0 aromatic heterocycles. The molecule has 2 fully saturated rings. The molecule has 1 saturated heterocycles. The van der Waals surface area contributed by atoms with Crippen molar-refractivity contribution >= 4 is 35.1 Å². The van der Waals surface area contributed by atoms with Crippen LogP contribution in [0.4, 0.5) is 0 Å². The number of carboxylic acid groups (broad SMARTS) is 1. The van der Waals surface area contributed by atoms with Crippen LogP contribution in [0.1, 0.15) is 62.8 Å². The number of amides is 1. The molecule has 2 unspecified atom stereocenters. The molecule has 34 heavy (non-hydrogen) atoms. The fourth-order valence-corrected chi connectivity index (χ4v) is 6.18. The number of hydrogen-bond donors (Lipinski definition) is 2. The maximum absolute atomic E-state index is 12.7. The van der Waals surface area contributed by atoms with E-state index in [9.17, 15) is 9.59 Å². The summed E-state index contributed by atoms with van der Waals surface area (Å²) in [5.74, 6) is 0.356. The summed E-state index contributed by atoms with van der Waals surface area (Å²) in [6.07, 6.45) is 7.22. The molecule has 7 heteroatoms. The van der Waals surface area contributed by atoms with Crippen molar-refractivity contribution in [2.75, 3.05) is 13.2 Å². The molecular formula is C27H31Cl2NO4. The summed E-state index contributed by atoms with van der Waals surface area (Å²) in [7, 11) is 0. The van der Waals surface area contributed by atoms with E-state index in [4.69, 9.17) is 33.0 Å². The van der Waals surface area contributed by atoms with Gasteiger partial charge in [-0.2, -0.15) is 0 Å². The predicted octanol–water partition coefficient (Wildman–Crippen LogP) is 6.70. The van der Waals surface area contributed by atoms with Gasteiger partial charge in [-0.3, -0.25) is 9.59 Å². The number of carboxylic acids is 1. The van der Waals surface area contributed by atoms with E-state index in [-0.39, 0.29) is 24.2 Å². The zero-order valence-electron chi connectivity index (χ0n) is 19.2. The van der Waals surface area contributed by atoms with Crippen LogP contribution in [-0.2, 0) is 9.59 Å². The van der Waals surface area contributed by atoms with Crippen molar-refractivity contribution < 1.29 is 19.4 Å². The normalized spacial score (nSPS) is 19.6. The first kappa shape index (κ1) is 24.9. The third kappa shape index (κ3) is 5.87. The van der Waals surface area contributed by atoms with E-state index in [1.165, 1.54) is 19.3 Å². The average Bonchev–Trinajstić information content (AvgIpc) is 3.25. The van der Waals surface area contributed by atoms with Crippen molar-refractivity contribution in [3.8, 4) is 16.9 Å². The summed E-state index contributed by atoms with van der Waals surface area (Å²) in [4.78, 5) is 23.3. The lowest BCUT2D eigenvalue weighted by molar-refractivity contribution is -0.137. The van der Waals surface area contributed by atoms with Crippen LogP contribution in [0.5, 0.6) is 5.75 Å². The van der Waals surface area contributed by atoms with Gasteiger partial charge in [0.25, 0.3) is 0 Å². The summed E-state index contributed by atoms with van der Waals surface area (Å²) in [5, 5.41) is 13.0. The fraction of sp³-hybridized carbons (Fsp3) is 0.481. The second kappa shape index (κ2) is 11.5. The predicted molar refractivity (Wildman–Crippen MR) is 135 cm³/mol. The highest BCUT2D eigenvalue weighted by atomic mass is 35.5. The maximum atomic E-state index is 12.7. The fourth-order valence-electron chi connectivity index (χ4n) is 5.44. The lowest BCUT2D eigenvalue weighted by Gasteiger charge is -2.34. The molecular weight excluding hydrogens is 473 g/mol. The number of carbonyl (C=O) groups is 2. The molecule has 182 valence electrons. The lowest BCUT2D eigenvalue weighted by Crippen LogP contribution is -2.30. The Kier molecular flexibility index (Phi) is 8.38. The quantitative estimate of drug-likeness (QED) is 0.373. The van der Waals surface area contributed by atoms with Crippen LogP contribution < -0.4 is 10.1 Å². The molecule has 5 nitrogen and oxygen atoms in total. The SMILES string of the molecule is O=C(O)CCCOc1ccc(-c2cc(Cl)c(C(C3CCCCC3)C3CCNC3=O)c(Cl)c2)cc1. The molecule has 0 spiro atoms. The van der Waals surface area contributed by atoms with Gasteiger partial charge in [0.05, 0.1) is 6.61 Å². The Morgan fingerprint density at radius 1 is 1.03 bits per heavy atom. The average molecular weight is 504 g/mol. The van der Waals surface area contributed by atoms with Crippen molar-refractivity contribution in [3.63, 3.8) is 0 Å². The van der Waals surface area contributed by atoms with Crippen LogP contribution in [0, 0.1) is 11.8 Å². The van der Waals surface area contributed by atoms with Gasteiger partial charge in [-0.05, 0) is 72.6 Å². The molecule has 1 aliphatic carbocycles. The summed E-state index contributed by atoms with van der Waals surface area (Å²) < 4.78 is 5.63. The Morgan fingerprint density at radius 3 is 2.29 bits per heavy atom. The van der Waals surface area contributed by atoms with E-state index >= 15 is 0 Å².